The quantitative estimate of drug-likeness (QED) is 0.509. The summed E-state index contributed by atoms with van der Waals surface area (Å²) >= 11 is 0. The molecule has 0 aliphatic rings. The van der Waals surface area contributed by atoms with Gasteiger partial charge in [0.05, 0.1) is 12.8 Å². The molecule has 3 nitrogen and oxygen atoms in total. The van der Waals surface area contributed by atoms with Crippen LogP contribution in [-0.4, -0.2) is 24.8 Å². The van der Waals surface area contributed by atoms with Gasteiger partial charge in [-0.1, -0.05) is 5.92 Å². The number of hydrogen-bond acceptors (Lipinski definition) is 3. The lowest BCUT2D eigenvalue weighted by molar-refractivity contribution is -0.112. The summed E-state index contributed by atoms with van der Waals surface area (Å²) in [4.78, 5) is 12.5. The lowest BCUT2D eigenvalue weighted by Gasteiger charge is -2.18. The topological polar surface area (TPSA) is 33.5 Å². The molecule has 1 unspecified atom stereocenters. The van der Waals surface area contributed by atoms with Crippen LogP contribution in [0.2, 0.25) is 0 Å². The molecule has 1 atom stereocenters. The molecule has 0 fully saturated rings. The maximum atomic E-state index is 10.7. The fraction of sp³-hybridized carbons (Fsp3) is 0.300. The van der Waals surface area contributed by atoms with Gasteiger partial charge in [0.1, 0.15) is 18.1 Å². The first kappa shape index (κ1) is 9.56. The summed E-state index contributed by atoms with van der Waals surface area (Å²) in [5, 5.41) is 0. The number of furan rings is 1. The molecule has 0 spiro atoms. The summed E-state index contributed by atoms with van der Waals surface area (Å²) in [5.41, 5.74) is 0. The zero-order valence-corrected chi connectivity index (χ0v) is 7.43. The highest BCUT2D eigenvalue weighted by atomic mass is 16.3. The predicted molar refractivity (Wildman–Crippen MR) is 49.0 cm³/mol. The molecular formula is C10H11NO2. The number of hydrogen-bond donors (Lipinski definition) is 0. The van der Waals surface area contributed by atoms with Crippen molar-refractivity contribution in [1.29, 1.82) is 0 Å². The summed E-state index contributed by atoms with van der Waals surface area (Å²) in [7, 11) is 1.78. The smallest absolute Gasteiger partial charge is 0.144 e. The maximum absolute atomic E-state index is 10.7. The highest BCUT2D eigenvalue weighted by Gasteiger charge is 2.17. The fourth-order valence-electron chi connectivity index (χ4n) is 1.09. The van der Waals surface area contributed by atoms with E-state index in [-0.39, 0.29) is 6.04 Å². The average Bonchev–Trinajstić information content (AvgIpc) is 2.59. The van der Waals surface area contributed by atoms with Gasteiger partial charge in [0.15, 0.2) is 0 Å². The van der Waals surface area contributed by atoms with E-state index < -0.39 is 0 Å². The number of carbonyl (C=O) groups excluding carboxylic acids is 1. The molecule has 1 aromatic rings. The van der Waals surface area contributed by atoms with E-state index in [1.54, 1.807) is 24.1 Å². The SMILES string of the molecule is C#CCN(C)C(C=O)c1ccco1. The van der Waals surface area contributed by atoms with Crippen LogP contribution in [0.3, 0.4) is 0 Å². The molecule has 0 saturated carbocycles. The van der Waals surface area contributed by atoms with E-state index in [4.69, 9.17) is 10.8 Å². The van der Waals surface area contributed by atoms with Crippen LogP contribution in [0.1, 0.15) is 11.8 Å². The second-order valence-corrected chi connectivity index (χ2v) is 2.72. The molecule has 0 amide bonds. The van der Waals surface area contributed by atoms with Crippen LogP contribution in [0.5, 0.6) is 0 Å². The molecule has 0 aliphatic carbocycles. The minimum absolute atomic E-state index is 0.383. The van der Waals surface area contributed by atoms with E-state index in [1.807, 2.05) is 0 Å². The molecule has 1 rings (SSSR count). The van der Waals surface area contributed by atoms with Crippen molar-refractivity contribution in [1.82, 2.24) is 4.90 Å². The largest absolute Gasteiger partial charge is 0.467 e. The van der Waals surface area contributed by atoms with Crippen molar-refractivity contribution in [3.05, 3.63) is 24.2 Å². The first-order chi connectivity index (χ1) is 6.29. The molecule has 0 radical (unpaired) electrons. The number of carbonyl (C=O) groups is 1. The molecule has 3 heteroatoms. The number of terminal acetylenes is 1. The van der Waals surface area contributed by atoms with Crippen LogP contribution in [0.4, 0.5) is 0 Å². The maximum Gasteiger partial charge on any atom is 0.144 e. The van der Waals surface area contributed by atoms with Crippen molar-refractivity contribution in [2.45, 2.75) is 6.04 Å². The molecule has 0 N–H and O–H groups in total. The monoisotopic (exact) mass is 177 g/mol. The molecule has 0 bridgehead atoms. The third-order valence-corrected chi connectivity index (χ3v) is 1.78. The highest BCUT2D eigenvalue weighted by Crippen LogP contribution is 2.16. The van der Waals surface area contributed by atoms with Crippen molar-refractivity contribution < 1.29 is 9.21 Å². The average molecular weight is 177 g/mol. The summed E-state index contributed by atoms with van der Waals surface area (Å²) in [6, 6.07) is 3.12. The molecule has 0 aromatic carbocycles. The van der Waals surface area contributed by atoms with Crippen molar-refractivity contribution in [2.24, 2.45) is 0 Å². The Hall–Kier alpha value is -1.53. The van der Waals surface area contributed by atoms with Gasteiger partial charge in [-0.05, 0) is 19.2 Å². The third-order valence-electron chi connectivity index (χ3n) is 1.78. The van der Waals surface area contributed by atoms with Crippen LogP contribution < -0.4 is 0 Å². The second-order valence-electron chi connectivity index (χ2n) is 2.72. The molecule has 0 aliphatic heterocycles. The molecular weight excluding hydrogens is 166 g/mol. The van der Waals surface area contributed by atoms with Crippen LogP contribution in [0, 0.1) is 12.3 Å². The molecule has 1 heterocycles. The minimum atomic E-state index is -0.383. The molecule has 0 saturated heterocycles. The number of rotatable bonds is 4. The highest BCUT2D eigenvalue weighted by molar-refractivity contribution is 5.59. The summed E-state index contributed by atoms with van der Waals surface area (Å²) in [6.07, 6.45) is 7.49. The third kappa shape index (κ3) is 2.20. The van der Waals surface area contributed by atoms with Crippen molar-refractivity contribution >= 4 is 6.29 Å². The van der Waals surface area contributed by atoms with E-state index in [1.165, 1.54) is 6.26 Å². The number of nitrogens with zero attached hydrogens (tertiary/aromatic N) is 1. The Morgan fingerprint density at radius 3 is 3.08 bits per heavy atom. The fourth-order valence-corrected chi connectivity index (χ4v) is 1.09. The summed E-state index contributed by atoms with van der Waals surface area (Å²) < 4.78 is 5.11. The van der Waals surface area contributed by atoms with Gasteiger partial charge >= 0.3 is 0 Å². The first-order valence-electron chi connectivity index (χ1n) is 3.92. The van der Waals surface area contributed by atoms with Gasteiger partial charge in [-0.15, -0.1) is 6.42 Å². The molecule has 68 valence electrons. The van der Waals surface area contributed by atoms with Crippen molar-refractivity contribution in [3.8, 4) is 12.3 Å². The lowest BCUT2D eigenvalue weighted by atomic mass is 10.2. The van der Waals surface area contributed by atoms with Gasteiger partial charge in [-0.3, -0.25) is 4.90 Å². The first-order valence-corrected chi connectivity index (χ1v) is 3.92. The Morgan fingerprint density at radius 1 is 1.85 bits per heavy atom. The van der Waals surface area contributed by atoms with E-state index in [9.17, 15) is 4.79 Å². The Morgan fingerprint density at radius 2 is 2.62 bits per heavy atom. The van der Waals surface area contributed by atoms with Crippen LogP contribution in [0.25, 0.3) is 0 Å². The number of likely N-dealkylation sites (N-methyl/N-ethyl adjacent to an activating group) is 1. The zero-order valence-electron chi connectivity index (χ0n) is 7.43. The Kier molecular flexibility index (Phi) is 3.30. The number of aldehydes is 1. The van der Waals surface area contributed by atoms with Gasteiger partial charge in [0, 0.05) is 0 Å². The lowest BCUT2D eigenvalue weighted by Crippen LogP contribution is -2.25. The van der Waals surface area contributed by atoms with Gasteiger partial charge in [-0.25, -0.2) is 0 Å². The summed E-state index contributed by atoms with van der Waals surface area (Å²) in [5.74, 6) is 3.09. The van der Waals surface area contributed by atoms with Gasteiger partial charge in [0.25, 0.3) is 0 Å². The van der Waals surface area contributed by atoms with Crippen LogP contribution in [0.15, 0.2) is 22.8 Å². The van der Waals surface area contributed by atoms with Crippen LogP contribution >= 0.6 is 0 Å². The predicted octanol–water partition coefficient (Wildman–Crippen LogP) is 1.08. The Balaban J connectivity index is 2.74. The zero-order chi connectivity index (χ0) is 9.68. The van der Waals surface area contributed by atoms with E-state index >= 15 is 0 Å². The van der Waals surface area contributed by atoms with Gasteiger partial charge in [-0.2, -0.15) is 0 Å². The van der Waals surface area contributed by atoms with Crippen LogP contribution in [-0.2, 0) is 4.79 Å². The van der Waals surface area contributed by atoms with Gasteiger partial charge in [0.2, 0.25) is 0 Å². The van der Waals surface area contributed by atoms with Gasteiger partial charge < -0.3 is 9.21 Å². The van der Waals surface area contributed by atoms with E-state index in [0.717, 1.165) is 6.29 Å². The normalized spacial score (nSPS) is 12.4. The van der Waals surface area contributed by atoms with Crippen molar-refractivity contribution in [2.75, 3.05) is 13.6 Å². The minimum Gasteiger partial charge on any atom is -0.467 e. The molecule has 13 heavy (non-hydrogen) atoms. The second kappa shape index (κ2) is 4.48. The Labute approximate surface area is 77.3 Å². The van der Waals surface area contributed by atoms with E-state index in [2.05, 4.69) is 5.92 Å². The Bertz CT molecular complexity index is 297. The standard InChI is InChI=1S/C10H11NO2/c1-3-6-11(2)9(8-12)10-5-4-7-13-10/h1,4-5,7-9H,6H2,2H3. The van der Waals surface area contributed by atoms with Crippen molar-refractivity contribution in [3.63, 3.8) is 0 Å². The van der Waals surface area contributed by atoms with E-state index in [0.29, 0.717) is 12.3 Å². The molecule has 1 aromatic heterocycles. The summed E-state index contributed by atoms with van der Waals surface area (Å²) in [6.45, 7) is 0.421.